The molecule has 0 saturated carbocycles. The van der Waals surface area contributed by atoms with E-state index in [1.165, 1.54) is 16.7 Å². The normalized spacial score (nSPS) is 19.0. The van der Waals surface area contributed by atoms with Crippen LogP contribution in [0, 0.1) is 0 Å². The molecule has 6 nitrogen and oxygen atoms in total. The van der Waals surface area contributed by atoms with Gasteiger partial charge in [0.1, 0.15) is 11.9 Å². The second-order valence-corrected chi connectivity index (χ2v) is 9.61. The molecule has 188 valence electrons. The Balaban J connectivity index is 1.13. The van der Waals surface area contributed by atoms with Crippen LogP contribution in [0.5, 0.6) is 5.75 Å². The molecule has 2 heterocycles. The van der Waals surface area contributed by atoms with Crippen LogP contribution in [-0.4, -0.2) is 79.8 Å². The zero-order chi connectivity index (χ0) is 24.7. The SMILES string of the molecule is COc1ccc(CCN2CC(CN3CCN(C(c4ccccc4)c4ccccc4)CC3)OC2=O)cc1. The van der Waals surface area contributed by atoms with Gasteiger partial charge in [0.05, 0.1) is 19.7 Å². The Morgan fingerprint density at radius 1 is 0.861 bits per heavy atom. The molecule has 6 heteroatoms. The number of hydrogen-bond donors (Lipinski definition) is 0. The molecule has 0 spiro atoms. The summed E-state index contributed by atoms with van der Waals surface area (Å²) in [4.78, 5) is 19.3. The standard InChI is InChI=1S/C30H35N3O3/c1-35-27-14-12-24(13-15-27)16-17-33-23-28(36-30(33)34)22-31-18-20-32(21-19-31)29(25-8-4-2-5-9-25)26-10-6-3-7-11-26/h2-15,28-29H,16-23H2,1H3. The zero-order valence-electron chi connectivity index (χ0n) is 21.0. The van der Waals surface area contributed by atoms with Crippen molar-refractivity contribution in [3.63, 3.8) is 0 Å². The Labute approximate surface area is 214 Å². The van der Waals surface area contributed by atoms with Gasteiger partial charge >= 0.3 is 6.09 Å². The third kappa shape index (κ3) is 5.89. The van der Waals surface area contributed by atoms with Gasteiger partial charge in [0.15, 0.2) is 0 Å². The quantitative estimate of drug-likeness (QED) is 0.448. The van der Waals surface area contributed by atoms with E-state index in [1.807, 2.05) is 17.0 Å². The van der Waals surface area contributed by atoms with Crippen molar-refractivity contribution in [3.05, 3.63) is 102 Å². The molecule has 1 atom stereocenters. The molecule has 2 fully saturated rings. The fourth-order valence-electron chi connectivity index (χ4n) is 5.29. The number of benzene rings is 3. The minimum atomic E-state index is -0.194. The molecule has 0 radical (unpaired) electrons. The molecule has 2 aliphatic rings. The van der Waals surface area contributed by atoms with Gasteiger partial charge in [-0.1, -0.05) is 72.8 Å². The summed E-state index contributed by atoms with van der Waals surface area (Å²) in [6.45, 7) is 6.02. The third-order valence-electron chi connectivity index (χ3n) is 7.24. The lowest BCUT2D eigenvalue weighted by molar-refractivity contribution is 0.0670. The summed E-state index contributed by atoms with van der Waals surface area (Å²) in [7, 11) is 1.67. The van der Waals surface area contributed by atoms with Gasteiger partial charge in [-0.25, -0.2) is 4.79 Å². The summed E-state index contributed by atoms with van der Waals surface area (Å²) in [5, 5.41) is 0. The minimum absolute atomic E-state index is 0.0704. The van der Waals surface area contributed by atoms with Gasteiger partial charge in [0, 0.05) is 39.3 Å². The Bertz CT molecular complexity index is 1060. The number of carbonyl (C=O) groups excluding carboxylic acids is 1. The van der Waals surface area contributed by atoms with Crippen LogP contribution in [0.4, 0.5) is 4.79 Å². The predicted molar refractivity (Wildman–Crippen MR) is 141 cm³/mol. The van der Waals surface area contributed by atoms with E-state index in [9.17, 15) is 4.79 Å². The molecule has 2 saturated heterocycles. The lowest BCUT2D eigenvalue weighted by Crippen LogP contribution is -2.50. The molecule has 0 bridgehead atoms. The number of methoxy groups -OCH3 is 1. The molecule has 36 heavy (non-hydrogen) atoms. The van der Waals surface area contributed by atoms with Crippen LogP contribution >= 0.6 is 0 Å². The van der Waals surface area contributed by atoms with Crippen LogP contribution < -0.4 is 4.74 Å². The molecule has 2 aliphatic heterocycles. The summed E-state index contributed by atoms with van der Waals surface area (Å²) in [5.41, 5.74) is 3.85. The fraction of sp³-hybridized carbons (Fsp3) is 0.367. The van der Waals surface area contributed by atoms with E-state index < -0.39 is 0 Å². The van der Waals surface area contributed by atoms with Crippen LogP contribution in [0.3, 0.4) is 0 Å². The summed E-state index contributed by atoms with van der Waals surface area (Å²) in [6.07, 6.45) is 0.546. The lowest BCUT2D eigenvalue weighted by atomic mass is 9.96. The second kappa shape index (κ2) is 11.6. The van der Waals surface area contributed by atoms with Gasteiger partial charge in [-0.05, 0) is 35.2 Å². The Hall–Kier alpha value is -3.35. The summed E-state index contributed by atoms with van der Waals surface area (Å²) >= 11 is 0. The number of rotatable bonds is 9. The van der Waals surface area contributed by atoms with Crippen LogP contribution in [-0.2, 0) is 11.2 Å². The molecule has 3 aromatic carbocycles. The molecule has 1 unspecified atom stereocenters. The minimum Gasteiger partial charge on any atom is -0.497 e. The van der Waals surface area contributed by atoms with Crippen molar-refractivity contribution in [2.24, 2.45) is 0 Å². The fourth-order valence-corrected chi connectivity index (χ4v) is 5.29. The number of piperazine rings is 1. The Kier molecular flexibility index (Phi) is 7.84. The molecule has 0 N–H and O–H groups in total. The number of amides is 1. The highest BCUT2D eigenvalue weighted by Gasteiger charge is 2.33. The molecular weight excluding hydrogens is 450 g/mol. The first-order valence-electron chi connectivity index (χ1n) is 12.8. The monoisotopic (exact) mass is 485 g/mol. The van der Waals surface area contributed by atoms with E-state index in [1.54, 1.807) is 7.11 Å². The maximum absolute atomic E-state index is 12.5. The van der Waals surface area contributed by atoms with E-state index in [-0.39, 0.29) is 18.2 Å². The number of cyclic esters (lactones) is 1. The maximum atomic E-state index is 12.5. The molecule has 0 aliphatic carbocycles. The van der Waals surface area contributed by atoms with Gasteiger partial charge in [0.2, 0.25) is 0 Å². The Morgan fingerprint density at radius 2 is 1.47 bits per heavy atom. The molecule has 5 rings (SSSR count). The number of nitrogens with zero attached hydrogens (tertiary/aromatic N) is 3. The average molecular weight is 486 g/mol. The van der Waals surface area contributed by atoms with Crippen molar-refractivity contribution in [1.82, 2.24) is 14.7 Å². The molecule has 0 aromatic heterocycles. The third-order valence-corrected chi connectivity index (χ3v) is 7.24. The van der Waals surface area contributed by atoms with Crippen LogP contribution in [0.2, 0.25) is 0 Å². The van der Waals surface area contributed by atoms with Crippen molar-refractivity contribution in [1.29, 1.82) is 0 Å². The van der Waals surface area contributed by atoms with Gasteiger partial charge in [-0.15, -0.1) is 0 Å². The van der Waals surface area contributed by atoms with Crippen molar-refractivity contribution >= 4 is 6.09 Å². The zero-order valence-corrected chi connectivity index (χ0v) is 21.0. The highest BCUT2D eigenvalue weighted by molar-refractivity contribution is 5.69. The smallest absolute Gasteiger partial charge is 0.410 e. The second-order valence-electron chi connectivity index (χ2n) is 9.61. The number of hydrogen-bond acceptors (Lipinski definition) is 5. The summed E-state index contributed by atoms with van der Waals surface area (Å²) in [6, 6.07) is 29.8. The van der Waals surface area contributed by atoms with Crippen molar-refractivity contribution in [3.8, 4) is 5.75 Å². The van der Waals surface area contributed by atoms with Crippen molar-refractivity contribution < 1.29 is 14.3 Å². The van der Waals surface area contributed by atoms with Gasteiger partial charge in [-0.3, -0.25) is 9.80 Å². The van der Waals surface area contributed by atoms with Crippen LogP contribution in [0.15, 0.2) is 84.9 Å². The highest BCUT2D eigenvalue weighted by Crippen LogP contribution is 2.29. The first-order valence-corrected chi connectivity index (χ1v) is 12.8. The van der Waals surface area contributed by atoms with Gasteiger partial charge in [-0.2, -0.15) is 0 Å². The number of ether oxygens (including phenoxy) is 2. The summed E-state index contributed by atoms with van der Waals surface area (Å²) in [5.74, 6) is 0.846. The van der Waals surface area contributed by atoms with Crippen LogP contribution in [0.25, 0.3) is 0 Å². The lowest BCUT2D eigenvalue weighted by Gasteiger charge is -2.40. The number of carbonyl (C=O) groups is 1. The van der Waals surface area contributed by atoms with Crippen molar-refractivity contribution in [2.45, 2.75) is 18.6 Å². The van der Waals surface area contributed by atoms with Crippen LogP contribution in [0.1, 0.15) is 22.7 Å². The first kappa shape index (κ1) is 24.3. The van der Waals surface area contributed by atoms with E-state index in [2.05, 4.69) is 82.6 Å². The molecule has 3 aromatic rings. The Morgan fingerprint density at radius 3 is 2.06 bits per heavy atom. The van der Waals surface area contributed by atoms with Crippen molar-refractivity contribution in [2.75, 3.05) is 52.9 Å². The van der Waals surface area contributed by atoms with E-state index in [4.69, 9.17) is 9.47 Å². The topological polar surface area (TPSA) is 45.2 Å². The van der Waals surface area contributed by atoms with E-state index in [0.717, 1.165) is 44.9 Å². The van der Waals surface area contributed by atoms with Gasteiger partial charge in [0.25, 0.3) is 0 Å². The largest absolute Gasteiger partial charge is 0.497 e. The predicted octanol–water partition coefficient (Wildman–Crippen LogP) is 4.47. The first-order chi connectivity index (χ1) is 17.7. The summed E-state index contributed by atoms with van der Waals surface area (Å²) < 4.78 is 10.9. The molecular formula is C30H35N3O3. The van der Waals surface area contributed by atoms with E-state index in [0.29, 0.717) is 13.1 Å². The highest BCUT2D eigenvalue weighted by atomic mass is 16.6. The van der Waals surface area contributed by atoms with Gasteiger partial charge < -0.3 is 14.4 Å². The average Bonchev–Trinajstić information content (AvgIpc) is 3.28. The van der Waals surface area contributed by atoms with E-state index >= 15 is 0 Å². The molecule has 1 amide bonds. The maximum Gasteiger partial charge on any atom is 0.410 e.